The Bertz CT molecular complexity index is 420. The summed E-state index contributed by atoms with van der Waals surface area (Å²) >= 11 is 0. The summed E-state index contributed by atoms with van der Waals surface area (Å²) in [5.41, 5.74) is 0.381. The van der Waals surface area contributed by atoms with E-state index in [1.165, 1.54) is 19.3 Å². The molecule has 0 bridgehead atoms. The van der Waals surface area contributed by atoms with Crippen molar-refractivity contribution >= 4 is 29.9 Å². The summed E-state index contributed by atoms with van der Waals surface area (Å²) in [6, 6.07) is 0.537. The zero-order valence-electron chi connectivity index (χ0n) is 17.6. The molecule has 2 unspecified atom stereocenters. The Kier molecular flexibility index (Phi) is 10.8. The predicted octanol–water partition coefficient (Wildman–Crippen LogP) is 3.44. The van der Waals surface area contributed by atoms with Crippen LogP contribution in [0.4, 0.5) is 0 Å². The van der Waals surface area contributed by atoms with E-state index in [2.05, 4.69) is 49.7 Å². The fourth-order valence-corrected chi connectivity index (χ4v) is 4.33. The fourth-order valence-electron chi connectivity index (χ4n) is 4.33. The number of likely N-dealkylation sites (tertiary alicyclic amines) is 1. The second-order valence-electron chi connectivity index (χ2n) is 8.17. The third kappa shape index (κ3) is 6.51. The molecule has 2 heterocycles. The minimum Gasteiger partial charge on any atom is -0.381 e. The van der Waals surface area contributed by atoms with Crippen LogP contribution in [0.1, 0.15) is 53.9 Å². The van der Waals surface area contributed by atoms with Gasteiger partial charge in [-0.25, -0.2) is 0 Å². The number of likely N-dealkylation sites (N-methyl/N-ethyl adjacent to an activating group) is 1. The first-order chi connectivity index (χ1) is 12.0. The van der Waals surface area contributed by atoms with Crippen LogP contribution in [-0.4, -0.2) is 74.3 Å². The number of halogens is 1. The first kappa shape index (κ1) is 24.0. The van der Waals surface area contributed by atoms with Crippen LogP contribution in [0.5, 0.6) is 0 Å². The first-order valence-corrected chi connectivity index (χ1v) is 10.4. The third-order valence-corrected chi connectivity index (χ3v) is 5.78. The van der Waals surface area contributed by atoms with Crippen molar-refractivity contribution in [2.45, 2.75) is 59.9 Å². The van der Waals surface area contributed by atoms with Crippen LogP contribution in [0.15, 0.2) is 4.99 Å². The Balaban J connectivity index is 0.00000338. The van der Waals surface area contributed by atoms with Crippen molar-refractivity contribution in [1.82, 2.24) is 15.1 Å². The Labute approximate surface area is 178 Å². The van der Waals surface area contributed by atoms with Crippen molar-refractivity contribution in [2.75, 3.05) is 52.5 Å². The number of ether oxygens (including phenoxy) is 1. The summed E-state index contributed by atoms with van der Waals surface area (Å²) in [7, 11) is 0. The first-order valence-electron chi connectivity index (χ1n) is 10.4. The molecule has 0 radical (unpaired) electrons. The number of rotatable bonds is 8. The SMILES string of the molecule is CCNC(=NCC(CC(C)C)N(CC)CC)N1CCC2(CCOC2)C1.I. The van der Waals surface area contributed by atoms with E-state index >= 15 is 0 Å². The molecule has 2 fully saturated rings. The van der Waals surface area contributed by atoms with Gasteiger partial charge < -0.3 is 15.0 Å². The molecule has 154 valence electrons. The summed E-state index contributed by atoms with van der Waals surface area (Å²) in [6.07, 6.45) is 3.66. The van der Waals surface area contributed by atoms with Gasteiger partial charge in [0.15, 0.2) is 5.96 Å². The van der Waals surface area contributed by atoms with Gasteiger partial charge in [0, 0.05) is 37.7 Å². The van der Waals surface area contributed by atoms with Crippen LogP contribution in [-0.2, 0) is 4.74 Å². The van der Waals surface area contributed by atoms with Crippen molar-refractivity contribution in [3.05, 3.63) is 0 Å². The molecule has 2 atom stereocenters. The average Bonchev–Trinajstić information content (AvgIpc) is 3.22. The minimum absolute atomic E-state index is 0. The van der Waals surface area contributed by atoms with E-state index < -0.39 is 0 Å². The number of aliphatic imine (C=N–C) groups is 1. The monoisotopic (exact) mass is 480 g/mol. The third-order valence-electron chi connectivity index (χ3n) is 5.78. The molecule has 6 heteroatoms. The normalized spacial score (nSPS) is 24.6. The van der Waals surface area contributed by atoms with Gasteiger partial charge in [0.05, 0.1) is 13.2 Å². The van der Waals surface area contributed by atoms with Crippen LogP contribution < -0.4 is 5.32 Å². The van der Waals surface area contributed by atoms with Crippen molar-refractivity contribution < 1.29 is 4.74 Å². The second-order valence-corrected chi connectivity index (χ2v) is 8.17. The van der Waals surface area contributed by atoms with E-state index in [-0.39, 0.29) is 24.0 Å². The Hall–Kier alpha value is -0.0800. The molecule has 5 nitrogen and oxygen atoms in total. The lowest BCUT2D eigenvalue weighted by molar-refractivity contribution is 0.156. The Morgan fingerprint density at radius 2 is 1.96 bits per heavy atom. The van der Waals surface area contributed by atoms with E-state index in [0.29, 0.717) is 17.4 Å². The highest BCUT2D eigenvalue weighted by Gasteiger charge is 2.42. The van der Waals surface area contributed by atoms with Crippen LogP contribution in [0.25, 0.3) is 0 Å². The lowest BCUT2D eigenvalue weighted by Gasteiger charge is -2.31. The standard InChI is InChI=1S/C20H40N4O.HI/c1-6-21-19(24-11-9-20(15-24)10-12-25-16-20)22-14-18(13-17(4)5)23(7-2)8-3;/h17-18H,6-16H2,1-5H3,(H,21,22);1H. The van der Waals surface area contributed by atoms with Crippen LogP contribution in [0.2, 0.25) is 0 Å². The Morgan fingerprint density at radius 1 is 1.23 bits per heavy atom. The molecule has 0 saturated carbocycles. The van der Waals surface area contributed by atoms with Gasteiger partial charge in [0.1, 0.15) is 0 Å². The summed E-state index contributed by atoms with van der Waals surface area (Å²) in [5, 5.41) is 3.53. The van der Waals surface area contributed by atoms with Crippen LogP contribution >= 0.6 is 24.0 Å². The molecule has 0 aromatic heterocycles. The molecular formula is C20H41IN4O. The van der Waals surface area contributed by atoms with Crippen molar-refractivity contribution in [3.8, 4) is 0 Å². The van der Waals surface area contributed by atoms with Gasteiger partial charge >= 0.3 is 0 Å². The zero-order chi connectivity index (χ0) is 18.3. The number of hydrogen-bond donors (Lipinski definition) is 1. The molecule has 1 spiro atoms. The molecule has 2 saturated heterocycles. The molecule has 26 heavy (non-hydrogen) atoms. The van der Waals surface area contributed by atoms with Crippen LogP contribution in [0.3, 0.4) is 0 Å². The van der Waals surface area contributed by atoms with E-state index in [0.717, 1.165) is 58.4 Å². The molecule has 2 aliphatic rings. The highest BCUT2D eigenvalue weighted by atomic mass is 127. The summed E-state index contributed by atoms with van der Waals surface area (Å²) in [5.74, 6) is 1.81. The number of guanidine groups is 1. The average molecular weight is 480 g/mol. The topological polar surface area (TPSA) is 40.1 Å². The highest BCUT2D eigenvalue weighted by molar-refractivity contribution is 14.0. The molecule has 0 aromatic rings. The minimum atomic E-state index is 0. The number of nitrogens with one attached hydrogen (secondary N) is 1. The lowest BCUT2D eigenvalue weighted by Crippen LogP contribution is -2.43. The predicted molar refractivity (Wildman–Crippen MR) is 122 cm³/mol. The maximum Gasteiger partial charge on any atom is 0.193 e. The molecule has 0 amide bonds. The fraction of sp³-hybridized carbons (Fsp3) is 0.950. The maximum absolute atomic E-state index is 5.68. The van der Waals surface area contributed by atoms with Gasteiger partial charge in [-0.05, 0) is 45.2 Å². The maximum atomic E-state index is 5.68. The van der Waals surface area contributed by atoms with Crippen LogP contribution in [0, 0.1) is 11.3 Å². The van der Waals surface area contributed by atoms with Gasteiger partial charge in [-0.2, -0.15) is 0 Å². The summed E-state index contributed by atoms with van der Waals surface area (Å²) in [4.78, 5) is 10.1. The number of hydrogen-bond acceptors (Lipinski definition) is 3. The molecule has 0 aromatic carbocycles. The Morgan fingerprint density at radius 3 is 2.50 bits per heavy atom. The summed E-state index contributed by atoms with van der Waals surface area (Å²) < 4.78 is 5.68. The second kappa shape index (κ2) is 11.7. The summed E-state index contributed by atoms with van der Waals surface area (Å²) in [6.45, 7) is 19.4. The molecular weight excluding hydrogens is 439 g/mol. The molecule has 0 aliphatic carbocycles. The van der Waals surface area contributed by atoms with Crippen molar-refractivity contribution in [3.63, 3.8) is 0 Å². The molecule has 1 N–H and O–H groups in total. The van der Waals surface area contributed by atoms with Crippen molar-refractivity contribution in [2.24, 2.45) is 16.3 Å². The van der Waals surface area contributed by atoms with Gasteiger partial charge in [0.25, 0.3) is 0 Å². The van der Waals surface area contributed by atoms with Gasteiger partial charge in [-0.3, -0.25) is 9.89 Å². The molecule has 2 rings (SSSR count). The van der Waals surface area contributed by atoms with E-state index in [4.69, 9.17) is 9.73 Å². The quantitative estimate of drug-likeness (QED) is 0.328. The van der Waals surface area contributed by atoms with Gasteiger partial charge in [0.2, 0.25) is 0 Å². The van der Waals surface area contributed by atoms with Crippen molar-refractivity contribution in [1.29, 1.82) is 0 Å². The smallest absolute Gasteiger partial charge is 0.193 e. The highest BCUT2D eigenvalue weighted by Crippen LogP contribution is 2.38. The lowest BCUT2D eigenvalue weighted by atomic mass is 9.87. The van der Waals surface area contributed by atoms with Gasteiger partial charge in [-0.1, -0.05) is 27.7 Å². The zero-order valence-corrected chi connectivity index (χ0v) is 19.9. The largest absolute Gasteiger partial charge is 0.381 e. The van der Waals surface area contributed by atoms with E-state index in [1.54, 1.807) is 0 Å². The van der Waals surface area contributed by atoms with E-state index in [9.17, 15) is 0 Å². The number of nitrogens with zero attached hydrogens (tertiary/aromatic N) is 3. The molecule has 2 aliphatic heterocycles. The van der Waals surface area contributed by atoms with E-state index in [1.807, 2.05) is 0 Å². The van der Waals surface area contributed by atoms with Gasteiger partial charge in [-0.15, -0.1) is 24.0 Å².